The number of carbonyl (C=O) groups excluding carboxylic acids is 2. The first kappa shape index (κ1) is 18.5. The Hall–Kier alpha value is -2.82. The lowest BCUT2D eigenvalue weighted by Crippen LogP contribution is -2.31. The van der Waals surface area contributed by atoms with Crippen LogP contribution in [0.5, 0.6) is 11.5 Å². The Morgan fingerprint density at radius 2 is 1.52 bits per heavy atom. The molecule has 2 rings (SSSR count). The molecule has 2 aromatic rings. The van der Waals surface area contributed by atoms with Crippen LogP contribution in [0.3, 0.4) is 0 Å². The highest BCUT2D eigenvalue weighted by atomic mass is 16.5. The summed E-state index contributed by atoms with van der Waals surface area (Å²) >= 11 is 0. The predicted octanol–water partition coefficient (Wildman–Crippen LogP) is 3.54. The van der Waals surface area contributed by atoms with Gasteiger partial charge in [-0.1, -0.05) is 12.1 Å². The third-order valence-electron chi connectivity index (χ3n) is 3.70. The van der Waals surface area contributed by atoms with Gasteiger partial charge in [0.05, 0.1) is 12.6 Å². The minimum Gasteiger partial charge on any atom is -0.494 e. The lowest BCUT2D eigenvalue weighted by Gasteiger charge is -2.15. The van der Waals surface area contributed by atoms with Crippen LogP contribution >= 0.6 is 0 Å². The summed E-state index contributed by atoms with van der Waals surface area (Å²) < 4.78 is 10.9. The zero-order valence-corrected chi connectivity index (χ0v) is 14.7. The molecule has 0 aliphatic heterocycles. The SMILES string of the molecule is CCOc1ccc(C(C)NC(=O)COc2ccc(C(C)=O)cc2)cc1. The normalized spacial score (nSPS) is 11.5. The molecule has 0 aromatic heterocycles. The van der Waals surface area contributed by atoms with E-state index in [9.17, 15) is 9.59 Å². The smallest absolute Gasteiger partial charge is 0.258 e. The summed E-state index contributed by atoms with van der Waals surface area (Å²) in [7, 11) is 0. The van der Waals surface area contributed by atoms with Crippen molar-refractivity contribution in [2.24, 2.45) is 0 Å². The number of hydrogen-bond acceptors (Lipinski definition) is 4. The number of rotatable bonds is 8. The molecule has 0 bridgehead atoms. The third kappa shape index (κ3) is 5.64. The van der Waals surface area contributed by atoms with E-state index in [1.54, 1.807) is 24.3 Å². The van der Waals surface area contributed by atoms with E-state index in [0.717, 1.165) is 11.3 Å². The van der Waals surface area contributed by atoms with E-state index >= 15 is 0 Å². The van der Waals surface area contributed by atoms with E-state index in [1.165, 1.54) is 6.92 Å². The van der Waals surface area contributed by atoms with Crippen molar-refractivity contribution >= 4 is 11.7 Å². The molecule has 0 aliphatic carbocycles. The standard InChI is InChI=1S/C20H23NO4/c1-4-24-18-9-5-16(6-10-18)14(2)21-20(23)13-25-19-11-7-17(8-12-19)15(3)22/h5-12,14H,4,13H2,1-3H3,(H,21,23). The van der Waals surface area contributed by atoms with Gasteiger partial charge in [-0.05, 0) is 62.7 Å². The second kappa shape index (κ2) is 8.87. The summed E-state index contributed by atoms with van der Waals surface area (Å²) in [6.45, 7) is 5.89. The molecule has 0 heterocycles. The summed E-state index contributed by atoms with van der Waals surface area (Å²) in [5, 5.41) is 2.89. The molecule has 0 saturated heterocycles. The molecule has 0 fully saturated rings. The molecule has 132 valence electrons. The Kier molecular flexibility index (Phi) is 6.57. The highest BCUT2D eigenvalue weighted by molar-refractivity contribution is 5.94. The van der Waals surface area contributed by atoms with Crippen molar-refractivity contribution in [1.82, 2.24) is 5.32 Å². The Labute approximate surface area is 148 Å². The van der Waals surface area contributed by atoms with Crippen molar-refractivity contribution in [1.29, 1.82) is 0 Å². The van der Waals surface area contributed by atoms with E-state index in [0.29, 0.717) is 17.9 Å². The lowest BCUT2D eigenvalue weighted by molar-refractivity contribution is -0.123. The first-order chi connectivity index (χ1) is 12.0. The maximum atomic E-state index is 12.0. The van der Waals surface area contributed by atoms with E-state index in [4.69, 9.17) is 9.47 Å². The largest absolute Gasteiger partial charge is 0.494 e. The van der Waals surface area contributed by atoms with E-state index in [1.807, 2.05) is 38.1 Å². The fourth-order valence-corrected chi connectivity index (χ4v) is 2.32. The topological polar surface area (TPSA) is 64.6 Å². The van der Waals surface area contributed by atoms with Crippen molar-refractivity contribution in [2.75, 3.05) is 13.2 Å². The Bertz CT molecular complexity index is 707. The van der Waals surface area contributed by atoms with Gasteiger partial charge in [0.25, 0.3) is 5.91 Å². The van der Waals surface area contributed by atoms with Gasteiger partial charge in [0.15, 0.2) is 12.4 Å². The van der Waals surface area contributed by atoms with Gasteiger partial charge >= 0.3 is 0 Å². The summed E-state index contributed by atoms with van der Waals surface area (Å²) in [5.41, 5.74) is 1.60. The maximum absolute atomic E-state index is 12.0. The van der Waals surface area contributed by atoms with Crippen LogP contribution in [0.25, 0.3) is 0 Å². The van der Waals surface area contributed by atoms with Crippen molar-refractivity contribution in [2.45, 2.75) is 26.8 Å². The molecule has 0 radical (unpaired) electrons. The molecular weight excluding hydrogens is 318 g/mol. The Morgan fingerprint density at radius 3 is 2.08 bits per heavy atom. The summed E-state index contributed by atoms with van der Waals surface area (Å²) in [6, 6.07) is 14.2. The highest BCUT2D eigenvalue weighted by Gasteiger charge is 2.10. The Morgan fingerprint density at radius 1 is 0.960 bits per heavy atom. The third-order valence-corrected chi connectivity index (χ3v) is 3.70. The van der Waals surface area contributed by atoms with Gasteiger partial charge in [-0.25, -0.2) is 0 Å². The second-order valence-corrected chi connectivity index (χ2v) is 5.66. The minimum absolute atomic E-state index is 0.00604. The molecule has 1 atom stereocenters. The molecule has 5 heteroatoms. The van der Waals surface area contributed by atoms with E-state index < -0.39 is 0 Å². The number of nitrogens with one attached hydrogen (secondary N) is 1. The molecule has 1 unspecified atom stereocenters. The van der Waals surface area contributed by atoms with Gasteiger partial charge in [-0.15, -0.1) is 0 Å². The first-order valence-electron chi connectivity index (χ1n) is 8.25. The predicted molar refractivity (Wildman–Crippen MR) is 96.1 cm³/mol. The number of hydrogen-bond donors (Lipinski definition) is 1. The monoisotopic (exact) mass is 341 g/mol. The summed E-state index contributed by atoms with van der Waals surface area (Å²) in [4.78, 5) is 23.3. The maximum Gasteiger partial charge on any atom is 0.258 e. The van der Waals surface area contributed by atoms with Crippen molar-refractivity contribution in [3.05, 3.63) is 59.7 Å². The van der Waals surface area contributed by atoms with E-state index in [-0.39, 0.29) is 24.3 Å². The Balaban J connectivity index is 1.83. The number of amides is 1. The first-order valence-corrected chi connectivity index (χ1v) is 8.25. The molecule has 1 N–H and O–H groups in total. The van der Waals surface area contributed by atoms with Crippen LogP contribution in [-0.4, -0.2) is 24.9 Å². The van der Waals surface area contributed by atoms with Gasteiger partial charge in [-0.2, -0.15) is 0 Å². The van der Waals surface area contributed by atoms with Crippen LogP contribution in [0.4, 0.5) is 0 Å². The average Bonchev–Trinajstić information content (AvgIpc) is 2.61. The van der Waals surface area contributed by atoms with Crippen LogP contribution in [-0.2, 0) is 4.79 Å². The highest BCUT2D eigenvalue weighted by Crippen LogP contribution is 2.18. The van der Waals surface area contributed by atoms with Crippen LogP contribution in [0, 0.1) is 0 Å². The fraction of sp³-hybridized carbons (Fsp3) is 0.300. The van der Waals surface area contributed by atoms with Gasteiger partial charge in [0.2, 0.25) is 0 Å². The van der Waals surface area contributed by atoms with Crippen molar-refractivity contribution in [3.8, 4) is 11.5 Å². The van der Waals surface area contributed by atoms with E-state index in [2.05, 4.69) is 5.32 Å². The number of ether oxygens (including phenoxy) is 2. The molecule has 0 saturated carbocycles. The number of ketones is 1. The second-order valence-electron chi connectivity index (χ2n) is 5.66. The molecule has 5 nitrogen and oxygen atoms in total. The lowest BCUT2D eigenvalue weighted by atomic mass is 10.1. The van der Waals surface area contributed by atoms with Gasteiger partial charge in [0.1, 0.15) is 11.5 Å². The van der Waals surface area contributed by atoms with Crippen LogP contribution in [0.15, 0.2) is 48.5 Å². The average molecular weight is 341 g/mol. The molecule has 0 spiro atoms. The zero-order valence-electron chi connectivity index (χ0n) is 14.7. The minimum atomic E-state index is -0.211. The summed E-state index contributed by atoms with van der Waals surface area (Å²) in [6.07, 6.45) is 0. The molecule has 25 heavy (non-hydrogen) atoms. The van der Waals surface area contributed by atoms with Crippen LogP contribution in [0.2, 0.25) is 0 Å². The fourth-order valence-electron chi connectivity index (χ4n) is 2.32. The molecule has 2 aromatic carbocycles. The van der Waals surface area contributed by atoms with Gasteiger partial charge in [-0.3, -0.25) is 9.59 Å². The quantitative estimate of drug-likeness (QED) is 0.746. The summed E-state index contributed by atoms with van der Waals surface area (Å²) in [5.74, 6) is 1.14. The van der Waals surface area contributed by atoms with Crippen LogP contribution in [0.1, 0.15) is 42.7 Å². The molecular formula is C20H23NO4. The van der Waals surface area contributed by atoms with Gasteiger partial charge in [0, 0.05) is 5.56 Å². The number of carbonyl (C=O) groups is 2. The van der Waals surface area contributed by atoms with Gasteiger partial charge < -0.3 is 14.8 Å². The molecule has 1 amide bonds. The van der Waals surface area contributed by atoms with Crippen molar-refractivity contribution < 1.29 is 19.1 Å². The van der Waals surface area contributed by atoms with Crippen molar-refractivity contribution in [3.63, 3.8) is 0 Å². The number of Topliss-reactive ketones (excluding diaryl/α,β-unsaturated/α-hetero) is 1. The number of benzene rings is 2. The zero-order chi connectivity index (χ0) is 18.2. The molecule has 0 aliphatic rings. The van der Waals surface area contributed by atoms with Crippen LogP contribution < -0.4 is 14.8 Å².